The third-order valence-electron chi connectivity index (χ3n) is 6.78. The van der Waals surface area contributed by atoms with Crippen LogP contribution < -0.4 is 5.32 Å². The Labute approximate surface area is 197 Å². The zero-order valence-electron chi connectivity index (χ0n) is 20.4. The van der Waals surface area contributed by atoms with E-state index in [1.165, 1.54) is 31.2 Å². The molecule has 2 aromatic carbocycles. The van der Waals surface area contributed by atoms with Gasteiger partial charge in [0.1, 0.15) is 0 Å². The molecule has 5 heteroatoms. The molecule has 0 aliphatic heterocycles. The van der Waals surface area contributed by atoms with Crippen molar-refractivity contribution >= 4 is 11.7 Å². The molecule has 5 nitrogen and oxygen atoms in total. The van der Waals surface area contributed by atoms with Crippen LogP contribution in [0.4, 0.5) is 10.5 Å². The van der Waals surface area contributed by atoms with Crippen molar-refractivity contribution in [3.8, 4) is 11.1 Å². The lowest BCUT2D eigenvalue weighted by Gasteiger charge is -2.32. The number of amides is 2. The highest BCUT2D eigenvalue weighted by molar-refractivity contribution is 5.91. The summed E-state index contributed by atoms with van der Waals surface area (Å²) in [7, 11) is 1.93. The van der Waals surface area contributed by atoms with Gasteiger partial charge in [-0.25, -0.2) is 4.79 Å². The van der Waals surface area contributed by atoms with Crippen LogP contribution in [0.5, 0.6) is 0 Å². The van der Waals surface area contributed by atoms with Gasteiger partial charge in [-0.1, -0.05) is 67.6 Å². The van der Waals surface area contributed by atoms with E-state index < -0.39 is 0 Å². The maximum absolute atomic E-state index is 13.6. The molecule has 0 spiro atoms. The number of aryl methyl sites for hydroxylation is 4. The Balaban J connectivity index is 1.56. The van der Waals surface area contributed by atoms with Gasteiger partial charge in [0.2, 0.25) is 0 Å². The summed E-state index contributed by atoms with van der Waals surface area (Å²) in [6.07, 6.45) is 11.0. The number of benzene rings is 2. The molecular weight excluding hydrogens is 408 g/mol. The van der Waals surface area contributed by atoms with Gasteiger partial charge in [0.05, 0.1) is 6.20 Å². The van der Waals surface area contributed by atoms with Crippen LogP contribution in [-0.2, 0) is 13.6 Å². The molecule has 2 amide bonds. The van der Waals surface area contributed by atoms with Crippen LogP contribution in [0.15, 0.2) is 48.8 Å². The highest BCUT2D eigenvalue weighted by Crippen LogP contribution is 2.27. The van der Waals surface area contributed by atoms with E-state index in [-0.39, 0.29) is 12.1 Å². The lowest BCUT2D eigenvalue weighted by atomic mass is 10.0. The minimum atomic E-state index is 0.00767. The summed E-state index contributed by atoms with van der Waals surface area (Å²) in [5.41, 5.74) is 7.79. The normalized spacial score (nSPS) is 14.7. The molecule has 1 heterocycles. The molecule has 0 bridgehead atoms. The Hall–Kier alpha value is -3.08. The third-order valence-corrected chi connectivity index (χ3v) is 6.78. The first-order chi connectivity index (χ1) is 15.9. The first-order valence-corrected chi connectivity index (χ1v) is 12.1. The molecular formula is C28H36N4O. The van der Waals surface area contributed by atoms with Crippen LogP contribution >= 0.6 is 0 Å². The van der Waals surface area contributed by atoms with Crippen LogP contribution in [0.1, 0.15) is 60.8 Å². The molecule has 1 aliphatic rings. The van der Waals surface area contributed by atoms with Gasteiger partial charge in [0.25, 0.3) is 0 Å². The molecule has 1 N–H and O–H groups in total. The predicted octanol–water partition coefficient (Wildman–Crippen LogP) is 6.77. The standard InChI is InChI=1S/C28H36N4O/c1-20-15-21(2)27(22(3)16-20)30-28(33)32(26-9-7-5-6-8-10-26)18-23-11-13-24(14-12-23)25-17-29-31(4)19-25/h11-17,19,26H,5-10,18H2,1-4H3,(H,30,33). The van der Waals surface area contributed by atoms with Gasteiger partial charge in [-0.2, -0.15) is 5.10 Å². The highest BCUT2D eigenvalue weighted by Gasteiger charge is 2.25. The van der Waals surface area contributed by atoms with E-state index in [0.29, 0.717) is 6.54 Å². The minimum Gasteiger partial charge on any atom is -0.317 e. The molecule has 1 fully saturated rings. The Bertz CT molecular complexity index is 1070. The summed E-state index contributed by atoms with van der Waals surface area (Å²) in [6, 6.07) is 13.1. The van der Waals surface area contributed by atoms with E-state index in [4.69, 9.17) is 0 Å². The Kier molecular flexibility index (Phi) is 7.17. The van der Waals surface area contributed by atoms with E-state index in [1.54, 1.807) is 0 Å². The largest absolute Gasteiger partial charge is 0.322 e. The fourth-order valence-electron chi connectivity index (χ4n) is 5.06. The SMILES string of the molecule is Cc1cc(C)c(NC(=O)N(Cc2ccc(-c3cnn(C)c3)cc2)C2CCCCCC2)c(C)c1. The van der Waals surface area contributed by atoms with Crippen LogP contribution in [0.25, 0.3) is 11.1 Å². The molecule has 3 aromatic rings. The summed E-state index contributed by atoms with van der Waals surface area (Å²) in [4.78, 5) is 15.7. The number of anilines is 1. The van der Waals surface area contributed by atoms with E-state index in [0.717, 1.165) is 46.3 Å². The molecule has 4 rings (SSSR count). The van der Waals surface area contributed by atoms with Gasteiger partial charge < -0.3 is 10.2 Å². The predicted molar refractivity (Wildman–Crippen MR) is 135 cm³/mol. The van der Waals surface area contributed by atoms with Gasteiger partial charge in [-0.3, -0.25) is 4.68 Å². The van der Waals surface area contributed by atoms with Crippen molar-refractivity contribution in [2.24, 2.45) is 7.05 Å². The summed E-state index contributed by atoms with van der Waals surface area (Å²) < 4.78 is 1.82. The molecule has 1 aliphatic carbocycles. The number of carbonyl (C=O) groups is 1. The van der Waals surface area contributed by atoms with Crippen LogP contribution in [-0.4, -0.2) is 26.8 Å². The second kappa shape index (κ2) is 10.2. The number of carbonyl (C=O) groups excluding carboxylic acids is 1. The summed E-state index contributed by atoms with van der Waals surface area (Å²) in [5.74, 6) is 0. The van der Waals surface area contributed by atoms with Gasteiger partial charge in [-0.05, 0) is 55.9 Å². The average molecular weight is 445 g/mol. The summed E-state index contributed by atoms with van der Waals surface area (Å²) in [6.45, 7) is 6.86. The molecule has 0 radical (unpaired) electrons. The van der Waals surface area contributed by atoms with E-state index >= 15 is 0 Å². The van der Waals surface area contributed by atoms with Crippen molar-refractivity contribution in [3.05, 3.63) is 71.0 Å². The molecule has 1 aromatic heterocycles. The number of hydrogen-bond acceptors (Lipinski definition) is 2. The number of hydrogen-bond donors (Lipinski definition) is 1. The van der Waals surface area contributed by atoms with Crippen molar-refractivity contribution < 1.29 is 4.79 Å². The van der Waals surface area contributed by atoms with Gasteiger partial charge in [0, 0.05) is 37.1 Å². The second-order valence-electron chi connectivity index (χ2n) is 9.58. The fourth-order valence-corrected chi connectivity index (χ4v) is 5.06. The minimum absolute atomic E-state index is 0.00767. The van der Waals surface area contributed by atoms with Gasteiger partial charge in [0.15, 0.2) is 0 Å². The van der Waals surface area contributed by atoms with Crippen molar-refractivity contribution in [2.75, 3.05) is 5.32 Å². The van der Waals surface area contributed by atoms with Crippen LogP contribution in [0.2, 0.25) is 0 Å². The topological polar surface area (TPSA) is 50.2 Å². The summed E-state index contributed by atoms with van der Waals surface area (Å²) in [5, 5.41) is 7.53. The molecule has 33 heavy (non-hydrogen) atoms. The lowest BCUT2D eigenvalue weighted by Crippen LogP contribution is -2.42. The van der Waals surface area contributed by atoms with E-state index in [9.17, 15) is 4.79 Å². The second-order valence-corrected chi connectivity index (χ2v) is 9.58. The zero-order valence-corrected chi connectivity index (χ0v) is 20.4. The Morgan fingerprint density at radius 3 is 2.21 bits per heavy atom. The van der Waals surface area contributed by atoms with Gasteiger partial charge in [-0.15, -0.1) is 0 Å². The maximum atomic E-state index is 13.6. The lowest BCUT2D eigenvalue weighted by molar-refractivity contribution is 0.175. The molecule has 0 atom stereocenters. The van der Waals surface area contributed by atoms with Crippen molar-refractivity contribution in [1.29, 1.82) is 0 Å². The van der Waals surface area contributed by atoms with Crippen LogP contribution in [0, 0.1) is 20.8 Å². The number of nitrogens with one attached hydrogen (secondary N) is 1. The molecule has 0 unspecified atom stereocenters. The van der Waals surface area contributed by atoms with Crippen molar-refractivity contribution in [3.63, 3.8) is 0 Å². The molecule has 174 valence electrons. The number of urea groups is 1. The average Bonchev–Trinajstić information content (AvgIpc) is 3.04. The van der Waals surface area contributed by atoms with E-state index in [1.807, 2.05) is 24.1 Å². The van der Waals surface area contributed by atoms with Crippen molar-refractivity contribution in [2.45, 2.75) is 71.9 Å². The Morgan fingerprint density at radius 1 is 1.00 bits per heavy atom. The third kappa shape index (κ3) is 5.65. The number of rotatable bonds is 5. The van der Waals surface area contributed by atoms with E-state index in [2.05, 4.69) is 72.5 Å². The summed E-state index contributed by atoms with van der Waals surface area (Å²) >= 11 is 0. The smallest absolute Gasteiger partial charge is 0.317 e. The quantitative estimate of drug-likeness (QED) is 0.442. The van der Waals surface area contributed by atoms with Crippen LogP contribution in [0.3, 0.4) is 0 Å². The number of nitrogens with zero attached hydrogens (tertiary/aromatic N) is 3. The first-order valence-electron chi connectivity index (χ1n) is 12.1. The Morgan fingerprint density at radius 2 is 1.64 bits per heavy atom. The van der Waals surface area contributed by atoms with Crippen molar-refractivity contribution in [1.82, 2.24) is 14.7 Å². The highest BCUT2D eigenvalue weighted by atomic mass is 16.2. The maximum Gasteiger partial charge on any atom is 0.322 e. The van der Waals surface area contributed by atoms with Gasteiger partial charge >= 0.3 is 6.03 Å². The fraction of sp³-hybridized carbons (Fsp3) is 0.429. The number of aromatic nitrogens is 2. The monoisotopic (exact) mass is 444 g/mol. The molecule has 1 saturated carbocycles. The first kappa shape index (κ1) is 23.1. The molecule has 0 saturated heterocycles. The zero-order chi connectivity index (χ0) is 23.4.